The second-order valence-corrected chi connectivity index (χ2v) is 5.70. The first-order valence-corrected chi connectivity index (χ1v) is 7.68. The Bertz CT molecular complexity index is 942. The highest BCUT2D eigenvalue weighted by molar-refractivity contribution is 6.31. The number of hydrogen-bond acceptors (Lipinski definition) is 3. The number of carbonyl (C=O) groups is 1. The molecule has 0 saturated carbocycles. The molecule has 3 aromatic rings. The average Bonchev–Trinajstić information content (AvgIpc) is 2.55. The number of benzene rings is 2. The van der Waals surface area contributed by atoms with Crippen LogP contribution in [-0.4, -0.2) is 16.9 Å². The van der Waals surface area contributed by atoms with Gasteiger partial charge in [0.15, 0.2) is 0 Å². The molecular weight excluding hydrogens is 359 g/mol. The van der Waals surface area contributed by atoms with E-state index in [2.05, 4.69) is 15.3 Å². The van der Waals surface area contributed by atoms with Crippen LogP contribution in [0.15, 0.2) is 59.7 Å². The first-order chi connectivity index (χ1) is 11.5. The van der Waals surface area contributed by atoms with Gasteiger partial charge >= 0.3 is 0 Å². The number of aromatic nitrogens is 1. The van der Waals surface area contributed by atoms with Crippen molar-refractivity contribution in [3.05, 3.63) is 70.9 Å². The molecule has 0 aliphatic carbocycles. The van der Waals surface area contributed by atoms with Crippen molar-refractivity contribution in [1.82, 2.24) is 10.3 Å². The first-order valence-electron chi connectivity index (χ1n) is 7.30. The summed E-state index contributed by atoms with van der Waals surface area (Å²) in [7, 11) is 0. The first kappa shape index (κ1) is 18.7. The second-order valence-electron chi connectivity index (χ2n) is 5.26. The maximum absolute atomic E-state index is 12.5. The van der Waals surface area contributed by atoms with Crippen LogP contribution in [0.5, 0.6) is 0 Å². The zero-order chi connectivity index (χ0) is 17.1. The van der Waals surface area contributed by atoms with E-state index in [1.54, 1.807) is 30.5 Å². The number of pyridine rings is 1. The molecule has 2 aromatic carbocycles. The summed E-state index contributed by atoms with van der Waals surface area (Å²) in [6.07, 6.45) is 1.59. The van der Waals surface area contributed by atoms with E-state index in [1.165, 1.54) is 0 Å². The van der Waals surface area contributed by atoms with Crippen molar-refractivity contribution in [1.29, 1.82) is 0 Å². The van der Waals surface area contributed by atoms with Crippen LogP contribution in [0.4, 0.5) is 5.69 Å². The SMILES string of the molecule is Cc1cc(Cl)cc2c(C(=O)NC(N)=Nc3ccccc3)ccnc12.Cl. The Morgan fingerprint density at radius 2 is 1.92 bits per heavy atom. The lowest BCUT2D eigenvalue weighted by molar-refractivity contribution is 0.0978. The molecule has 5 nitrogen and oxygen atoms in total. The van der Waals surface area contributed by atoms with Gasteiger partial charge in [-0.05, 0) is 42.8 Å². The van der Waals surface area contributed by atoms with Crippen molar-refractivity contribution in [2.75, 3.05) is 0 Å². The number of rotatable bonds is 2. The summed E-state index contributed by atoms with van der Waals surface area (Å²) in [5.41, 5.74) is 8.56. The van der Waals surface area contributed by atoms with E-state index in [0.717, 1.165) is 11.1 Å². The molecule has 3 N–H and O–H groups in total. The van der Waals surface area contributed by atoms with Gasteiger partial charge in [0.25, 0.3) is 5.91 Å². The van der Waals surface area contributed by atoms with Crippen LogP contribution in [0.2, 0.25) is 5.02 Å². The molecule has 0 atom stereocenters. The number of halogens is 2. The van der Waals surface area contributed by atoms with Gasteiger partial charge in [-0.25, -0.2) is 4.99 Å². The highest BCUT2D eigenvalue weighted by Gasteiger charge is 2.13. The third kappa shape index (κ3) is 4.26. The molecule has 0 aliphatic heterocycles. The zero-order valence-corrected chi connectivity index (χ0v) is 14.9. The Morgan fingerprint density at radius 1 is 1.20 bits per heavy atom. The van der Waals surface area contributed by atoms with Crippen LogP contribution in [-0.2, 0) is 0 Å². The van der Waals surface area contributed by atoms with Gasteiger partial charge in [0.2, 0.25) is 5.96 Å². The number of nitrogens with zero attached hydrogens (tertiary/aromatic N) is 2. The molecule has 25 heavy (non-hydrogen) atoms. The Labute approximate surface area is 156 Å². The molecule has 7 heteroatoms. The van der Waals surface area contributed by atoms with Crippen LogP contribution >= 0.6 is 24.0 Å². The van der Waals surface area contributed by atoms with Crippen molar-refractivity contribution >= 4 is 52.5 Å². The van der Waals surface area contributed by atoms with Gasteiger partial charge in [0.1, 0.15) is 0 Å². The molecule has 3 rings (SSSR count). The van der Waals surface area contributed by atoms with E-state index in [9.17, 15) is 4.79 Å². The minimum Gasteiger partial charge on any atom is -0.369 e. The summed E-state index contributed by atoms with van der Waals surface area (Å²) in [6.45, 7) is 1.90. The predicted octanol–water partition coefficient (Wildman–Crippen LogP) is 3.99. The van der Waals surface area contributed by atoms with Crippen LogP contribution in [0.25, 0.3) is 10.9 Å². The Hall–Kier alpha value is -2.63. The molecule has 0 bridgehead atoms. The molecule has 0 saturated heterocycles. The lowest BCUT2D eigenvalue weighted by Crippen LogP contribution is -2.36. The fourth-order valence-corrected chi connectivity index (χ4v) is 2.71. The number of para-hydroxylation sites is 1. The van der Waals surface area contributed by atoms with Crippen LogP contribution in [0.3, 0.4) is 0 Å². The molecule has 0 spiro atoms. The number of carbonyl (C=O) groups excluding carboxylic acids is 1. The molecular formula is C18H16Cl2N4O. The zero-order valence-electron chi connectivity index (χ0n) is 13.4. The predicted molar refractivity (Wildman–Crippen MR) is 104 cm³/mol. The van der Waals surface area contributed by atoms with Gasteiger partial charge in [-0.3, -0.25) is 15.1 Å². The normalized spacial score (nSPS) is 11.0. The minimum atomic E-state index is -0.360. The number of guanidine groups is 1. The van der Waals surface area contributed by atoms with E-state index in [0.29, 0.717) is 21.7 Å². The van der Waals surface area contributed by atoms with Crippen LogP contribution in [0.1, 0.15) is 15.9 Å². The monoisotopic (exact) mass is 374 g/mol. The second kappa shape index (κ2) is 7.96. The molecule has 0 radical (unpaired) electrons. The van der Waals surface area contributed by atoms with Gasteiger partial charge in [0, 0.05) is 16.6 Å². The number of amides is 1. The summed E-state index contributed by atoms with van der Waals surface area (Å²) >= 11 is 6.11. The number of nitrogens with one attached hydrogen (secondary N) is 1. The quantitative estimate of drug-likeness (QED) is 0.525. The minimum absolute atomic E-state index is 0. The lowest BCUT2D eigenvalue weighted by Gasteiger charge is -2.09. The van der Waals surface area contributed by atoms with Crippen molar-refractivity contribution in [3.63, 3.8) is 0 Å². The van der Waals surface area contributed by atoms with Crippen molar-refractivity contribution in [3.8, 4) is 0 Å². The van der Waals surface area contributed by atoms with Crippen molar-refractivity contribution in [2.24, 2.45) is 10.7 Å². The highest BCUT2D eigenvalue weighted by atomic mass is 35.5. The van der Waals surface area contributed by atoms with E-state index < -0.39 is 0 Å². The fraction of sp³-hybridized carbons (Fsp3) is 0.0556. The number of fused-ring (bicyclic) bond motifs is 1. The summed E-state index contributed by atoms with van der Waals surface area (Å²) in [5, 5.41) is 3.82. The summed E-state index contributed by atoms with van der Waals surface area (Å²) in [4.78, 5) is 21.0. The Morgan fingerprint density at radius 3 is 2.64 bits per heavy atom. The van der Waals surface area contributed by atoms with Gasteiger partial charge in [0.05, 0.1) is 16.8 Å². The van der Waals surface area contributed by atoms with Crippen molar-refractivity contribution < 1.29 is 4.79 Å². The van der Waals surface area contributed by atoms with Crippen LogP contribution < -0.4 is 11.1 Å². The summed E-state index contributed by atoms with van der Waals surface area (Å²) < 4.78 is 0. The molecule has 1 heterocycles. The molecule has 1 aromatic heterocycles. The third-order valence-electron chi connectivity index (χ3n) is 3.49. The topological polar surface area (TPSA) is 80.4 Å². The molecule has 1 amide bonds. The van der Waals surface area contributed by atoms with E-state index in [4.69, 9.17) is 17.3 Å². The number of hydrogen-bond donors (Lipinski definition) is 2. The standard InChI is InChI=1S/C18H15ClN4O.ClH/c1-11-9-12(19)10-15-14(7-8-21-16(11)15)17(24)23-18(20)22-13-5-3-2-4-6-13;/h2-10H,1H3,(H3,20,22,23,24);1H. The maximum Gasteiger partial charge on any atom is 0.258 e. The Kier molecular flexibility index (Phi) is 5.96. The smallest absolute Gasteiger partial charge is 0.258 e. The number of aliphatic imine (C=N–C) groups is 1. The van der Waals surface area contributed by atoms with Gasteiger partial charge in [-0.1, -0.05) is 29.8 Å². The lowest BCUT2D eigenvalue weighted by atomic mass is 10.1. The van der Waals surface area contributed by atoms with E-state index in [-0.39, 0.29) is 24.3 Å². The van der Waals surface area contributed by atoms with E-state index in [1.807, 2.05) is 31.2 Å². The fourth-order valence-electron chi connectivity index (χ4n) is 2.44. The van der Waals surface area contributed by atoms with Crippen LogP contribution in [0, 0.1) is 6.92 Å². The molecule has 0 unspecified atom stereocenters. The van der Waals surface area contributed by atoms with Crippen molar-refractivity contribution in [2.45, 2.75) is 6.92 Å². The molecule has 128 valence electrons. The number of aryl methyl sites for hydroxylation is 1. The Balaban J connectivity index is 0.00000225. The molecule has 0 aliphatic rings. The maximum atomic E-state index is 12.5. The van der Waals surface area contributed by atoms with Gasteiger partial charge in [-0.15, -0.1) is 12.4 Å². The number of nitrogens with two attached hydrogens (primary N) is 1. The molecule has 0 fully saturated rings. The van der Waals surface area contributed by atoms with Gasteiger partial charge in [-0.2, -0.15) is 0 Å². The average molecular weight is 375 g/mol. The summed E-state index contributed by atoms with van der Waals surface area (Å²) in [6, 6.07) is 14.3. The van der Waals surface area contributed by atoms with Gasteiger partial charge < -0.3 is 5.73 Å². The summed E-state index contributed by atoms with van der Waals surface area (Å²) in [5.74, 6) is -0.337. The highest BCUT2D eigenvalue weighted by Crippen LogP contribution is 2.24. The largest absolute Gasteiger partial charge is 0.369 e. The van der Waals surface area contributed by atoms with E-state index >= 15 is 0 Å². The third-order valence-corrected chi connectivity index (χ3v) is 3.71.